The zero-order valence-corrected chi connectivity index (χ0v) is 17.3. The SMILES string of the molecule is COc1ccccc1C(=O)CSc1nc2ccccc2c(=O)n1-c1ncccc1C. The summed E-state index contributed by atoms with van der Waals surface area (Å²) in [6.07, 6.45) is 1.64. The largest absolute Gasteiger partial charge is 0.496 e. The lowest BCUT2D eigenvalue weighted by Crippen LogP contribution is -2.23. The molecule has 0 fully saturated rings. The summed E-state index contributed by atoms with van der Waals surface area (Å²) in [4.78, 5) is 35.2. The molecule has 0 saturated heterocycles. The van der Waals surface area contributed by atoms with Gasteiger partial charge in [-0.2, -0.15) is 0 Å². The number of benzene rings is 2. The quantitative estimate of drug-likeness (QED) is 0.267. The second-order valence-corrected chi connectivity index (χ2v) is 7.55. The zero-order valence-electron chi connectivity index (χ0n) is 16.5. The molecule has 30 heavy (non-hydrogen) atoms. The maximum absolute atomic E-state index is 13.3. The molecule has 7 heteroatoms. The molecular weight excluding hydrogens is 398 g/mol. The Bertz CT molecular complexity index is 1300. The van der Waals surface area contributed by atoms with Gasteiger partial charge in [0.1, 0.15) is 11.6 Å². The van der Waals surface area contributed by atoms with Crippen LogP contribution >= 0.6 is 11.8 Å². The Morgan fingerprint density at radius 1 is 1.07 bits per heavy atom. The van der Waals surface area contributed by atoms with Gasteiger partial charge >= 0.3 is 0 Å². The number of para-hydroxylation sites is 2. The fourth-order valence-electron chi connectivity index (χ4n) is 3.19. The van der Waals surface area contributed by atoms with E-state index in [9.17, 15) is 9.59 Å². The Morgan fingerprint density at radius 3 is 2.63 bits per heavy atom. The molecule has 0 N–H and O–H groups in total. The molecule has 2 heterocycles. The van der Waals surface area contributed by atoms with E-state index >= 15 is 0 Å². The average molecular weight is 417 g/mol. The highest BCUT2D eigenvalue weighted by Gasteiger charge is 2.18. The summed E-state index contributed by atoms with van der Waals surface area (Å²) in [7, 11) is 1.53. The number of pyridine rings is 1. The third kappa shape index (κ3) is 3.71. The van der Waals surface area contributed by atoms with Gasteiger partial charge in [0.25, 0.3) is 5.56 Å². The van der Waals surface area contributed by atoms with E-state index in [0.29, 0.717) is 33.2 Å². The monoisotopic (exact) mass is 417 g/mol. The highest BCUT2D eigenvalue weighted by Crippen LogP contribution is 2.25. The van der Waals surface area contributed by atoms with Crippen LogP contribution in [0.15, 0.2) is 76.8 Å². The smallest absolute Gasteiger partial charge is 0.267 e. The van der Waals surface area contributed by atoms with Gasteiger partial charge in [0.2, 0.25) is 0 Å². The molecule has 0 radical (unpaired) electrons. The minimum Gasteiger partial charge on any atom is -0.496 e. The first-order chi connectivity index (χ1) is 14.6. The van der Waals surface area contributed by atoms with Crippen LogP contribution in [-0.2, 0) is 0 Å². The van der Waals surface area contributed by atoms with Gasteiger partial charge in [0.05, 0.1) is 29.3 Å². The van der Waals surface area contributed by atoms with Crippen molar-refractivity contribution in [3.05, 3.63) is 88.3 Å². The van der Waals surface area contributed by atoms with Crippen molar-refractivity contribution in [1.82, 2.24) is 14.5 Å². The van der Waals surface area contributed by atoms with Crippen LogP contribution in [0.4, 0.5) is 0 Å². The number of rotatable bonds is 6. The Hall–Kier alpha value is -3.45. The van der Waals surface area contributed by atoms with Crippen molar-refractivity contribution in [3.63, 3.8) is 0 Å². The first-order valence-corrected chi connectivity index (χ1v) is 10.3. The number of aromatic nitrogens is 3. The molecule has 0 atom stereocenters. The van der Waals surface area contributed by atoms with Crippen LogP contribution in [0.25, 0.3) is 16.7 Å². The number of methoxy groups -OCH3 is 1. The number of aryl methyl sites for hydroxylation is 1. The van der Waals surface area contributed by atoms with Crippen molar-refractivity contribution in [3.8, 4) is 11.6 Å². The van der Waals surface area contributed by atoms with Gasteiger partial charge in [-0.25, -0.2) is 14.5 Å². The van der Waals surface area contributed by atoms with Gasteiger partial charge < -0.3 is 4.74 Å². The number of hydrogen-bond donors (Lipinski definition) is 0. The first kappa shape index (κ1) is 19.8. The number of carbonyl (C=O) groups excluding carboxylic acids is 1. The number of carbonyl (C=O) groups is 1. The highest BCUT2D eigenvalue weighted by molar-refractivity contribution is 7.99. The van der Waals surface area contributed by atoms with Crippen molar-refractivity contribution in [2.75, 3.05) is 12.9 Å². The number of fused-ring (bicyclic) bond motifs is 1. The van der Waals surface area contributed by atoms with Crippen molar-refractivity contribution in [2.24, 2.45) is 0 Å². The first-order valence-electron chi connectivity index (χ1n) is 9.33. The summed E-state index contributed by atoms with van der Waals surface area (Å²) in [6, 6.07) is 18.0. The molecular formula is C23H19N3O3S. The second kappa shape index (κ2) is 8.51. The Labute approximate surface area is 177 Å². The summed E-state index contributed by atoms with van der Waals surface area (Å²) in [5.74, 6) is 1.03. The van der Waals surface area contributed by atoms with Crippen molar-refractivity contribution >= 4 is 28.4 Å². The van der Waals surface area contributed by atoms with Crippen LogP contribution in [0, 0.1) is 6.92 Å². The number of Topliss-reactive ketones (excluding diaryl/α,β-unsaturated/α-hetero) is 1. The molecule has 0 aliphatic heterocycles. The standard InChI is InChI=1S/C23H19N3O3S/c1-15-8-7-13-24-21(15)26-22(28)16-9-3-5-11-18(16)25-23(26)30-14-19(27)17-10-4-6-12-20(17)29-2/h3-13H,14H2,1-2H3. The van der Waals surface area contributed by atoms with E-state index in [1.54, 1.807) is 42.6 Å². The summed E-state index contributed by atoms with van der Waals surface area (Å²) in [6.45, 7) is 1.89. The third-order valence-electron chi connectivity index (χ3n) is 4.68. The number of thioether (sulfide) groups is 1. The van der Waals surface area contributed by atoms with E-state index in [0.717, 1.165) is 5.56 Å². The lowest BCUT2D eigenvalue weighted by molar-refractivity contribution is 0.101. The predicted octanol–water partition coefficient (Wildman–Crippen LogP) is 4.07. The molecule has 6 nitrogen and oxygen atoms in total. The van der Waals surface area contributed by atoms with Gasteiger partial charge in [-0.1, -0.05) is 42.1 Å². The molecule has 2 aromatic carbocycles. The van der Waals surface area contributed by atoms with Gasteiger partial charge in [0.15, 0.2) is 10.9 Å². The molecule has 0 unspecified atom stereocenters. The molecule has 2 aromatic heterocycles. The van der Waals surface area contributed by atoms with Gasteiger partial charge in [-0.05, 0) is 42.8 Å². The number of nitrogens with zero attached hydrogens (tertiary/aromatic N) is 3. The number of ketones is 1. The minimum atomic E-state index is -0.213. The van der Waals surface area contributed by atoms with Gasteiger partial charge in [-0.3, -0.25) is 9.59 Å². The Morgan fingerprint density at radius 2 is 1.83 bits per heavy atom. The van der Waals surface area contributed by atoms with Crippen LogP contribution in [0.1, 0.15) is 15.9 Å². The van der Waals surface area contributed by atoms with Gasteiger partial charge in [-0.15, -0.1) is 0 Å². The zero-order chi connectivity index (χ0) is 21.1. The molecule has 0 spiro atoms. The molecule has 150 valence electrons. The van der Waals surface area contributed by atoms with E-state index in [1.165, 1.54) is 23.4 Å². The van der Waals surface area contributed by atoms with E-state index < -0.39 is 0 Å². The molecule has 0 aliphatic carbocycles. The van der Waals surface area contributed by atoms with Crippen molar-refractivity contribution < 1.29 is 9.53 Å². The third-order valence-corrected chi connectivity index (χ3v) is 5.62. The predicted molar refractivity (Wildman–Crippen MR) is 118 cm³/mol. The van der Waals surface area contributed by atoms with Crippen LogP contribution in [-0.4, -0.2) is 33.2 Å². The lowest BCUT2D eigenvalue weighted by Gasteiger charge is -2.14. The number of ether oxygens (including phenoxy) is 1. The van der Waals surface area contributed by atoms with E-state index in [2.05, 4.69) is 9.97 Å². The molecule has 0 saturated carbocycles. The van der Waals surface area contributed by atoms with E-state index in [4.69, 9.17) is 4.74 Å². The van der Waals surface area contributed by atoms with Crippen LogP contribution in [0.2, 0.25) is 0 Å². The average Bonchev–Trinajstić information content (AvgIpc) is 2.78. The molecule has 4 aromatic rings. The highest BCUT2D eigenvalue weighted by atomic mass is 32.2. The van der Waals surface area contributed by atoms with Crippen molar-refractivity contribution in [1.29, 1.82) is 0 Å². The maximum Gasteiger partial charge on any atom is 0.267 e. The lowest BCUT2D eigenvalue weighted by atomic mass is 10.1. The maximum atomic E-state index is 13.3. The van der Waals surface area contributed by atoms with Crippen LogP contribution < -0.4 is 10.3 Å². The van der Waals surface area contributed by atoms with Crippen LogP contribution in [0.3, 0.4) is 0 Å². The van der Waals surface area contributed by atoms with E-state index in [1.807, 2.05) is 31.2 Å². The minimum absolute atomic E-state index is 0.107. The second-order valence-electron chi connectivity index (χ2n) is 6.61. The van der Waals surface area contributed by atoms with Crippen molar-refractivity contribution in [2.45, 2.75) is 12.1 Å². The Kier molecular flexibility index (Phi) is 5.63. The topological polar surface area (TPSA) is 74.1 Å². The summed E-state index contributed by atoms with van der Waals surface area (Å²) in [5.41, 5.74) is 1.71. The fraction of sp³-hybridized carbons (Fsp3) is 0.130. The molecule has 4 rings (SSSR count). The summed E-state index contributed by atoms with van der Waals surface area (Å²) < 4.78 is 6.78. The molecule has 0 bridgehead atoms. The molecule has 0 aliphatic rings. The summed E-state index contributed by atoms with van der Waals surface area (Å²) in [5, 5.41) is 0.923. The summed E-state index contributed by atoms with van der Waals surface area (Å²) >= 11 is 1.21. The molecule has 0 amide bonds. The number of hydrogen-bond acceptors (Lipinski definition) is 6. The van der Waals surface area contributed by atoms with E-state index in [-0.39, 0.29) is 17.1 Å². The van der Waals surface area contributed by atoms with Crippen LogP contribution in [0.5, 0.6) is 5.75 Å². The Balaban J connectivity index is 1.78. The fourth-order valence-corrected chi connectivity index (χ4v) is 4.07. The van der Waals surface area contributed by atoms with Gasteiger partial charge in [0, 0.05) is 6.20 Å². The normalized spacial score (nSPS) is 10.9.